The Bertz CT molecular complexity index is 592. The topological polar surface area (TPSA) is 12.5 Å². The van der Waals surface area contributed by atoms with Gasteiger partial charge in [-0.15, -0.1) is 12.4 Å². The molecule has 1 aliphatic rings. The smallest absolute Gasteiger partial charge is 0.0720 e. The van der Waals surface area contributed by atoms with Gasteiger partial charge in [-0.25, -0.2) is 0 Å². The molecule has 0 saturated heterocycles. The number of hydrogen-bond donors (Lipinski definition) is 0. The monoisotopic (exact) mass is 345 g/mol. The Balaban J connectivity index is 0.00000208. The van der Waals surface area contributed by atoms with Crippen LogP contribution in [0.2, 0.25) is 0 Å². The van der Waals surface area contributed by atoms with Crippen LogP contribution in [0.4, 0.5) is 0 Å². The van der Waals surface area contributed by atoms with E-state index < -0.39 is 0 Å². The van der Waals surface area contributed by atoms with Crippen LogP contribution in [0.25, 0.3) is 0 Å². The maximum absolute atomic E-state index is 6.16. The third kappa shape index (κ3) is 4.18. The van der Waals surface area contributed by atoms with Gasteiger partial charge in [0.05, 0.1) is 12.7 Å². The minimum atomic E-state index is 0. The Morgan fingerprint density at radius 2 is 1.46 bits per heavy atom. The Kier molecular flexibility index (Phi) is 6.85. The number of halogens is 1. The van der Waals surface area contributed by atoms with Gasteiger partial charge in [0.25, 0.3) is 0 Å². The van der Waals surface area contributed by atoms with Gasteiger partial charge in [-0.05, 0) is 50.9 Å². The van der Waals surface area contributed by atoms with Crippen LogP contribution in [-0.2, 0) is 16.9 Å². The molecule has 3 heteroatoms. The Hall–Kier alpha value is -1.35. The Labute approximate surface area is 152 Å². The summed E-state index contributed by atoms with van der Waals surface area (Å²) in [7, 11) is 4.41. The molecule has 2 aromatic carbocycles. The van der Waals surface area contributed by atoms with Crippen LogP contribution in [0.5, 0.6) is 0 Å². The van der Waals surface area contributed by atoms with Gasteiger partial charge < -0.3 is 4.74 Å². The van der Waals surface area contributed by atoms with E-state index in [1.54, 1.807) is 0 Å². The van der Waals surface area contributed by atoms with Gasteiger partial charge in [0.15, 0.2) is 0 Å². The highest BCUT2D eigenvalue weighted by atomic mass is 35.5. The first-order valence-corrected chi connectivity index (χ1v) is 8.59. The summed E-state index contributed by atoms with van der Waals surface area (Å²) >= 11 is 0. The molecule has 24 heavy (non-hydrogen) atoms. The van der Waals surface area contributed by atoms with Crippen LogP contribution < -0.4 is 0 Å². The Morgan fingerprint density at radius 3 is 2.00 bits per heavy atom. The van der Waals surface area contributed by atoms with Crippen molar-refractivity contribution in [3.8, 4) is 0 Å². The van der Waals surface area contributed by atoms with Gasteiger partial charge >= 0.3 is 0 Å². The van der Waals surface area contributed by atoms with E-state index in [0.29, 0.717) is 6.10 Å². The van der Waals surface area contributed by atoms with Crippen molar-refractivity contribution in [3.05, 3.63) is 71.8 Å². The van der Waals surface area contributed by atoms with Gasteiger partial charge in [-0.3, -0.25) is 4.90 Å². The second kappa shape index (κ2) is 8.66. The first-order chi connectivity index (χ1) is 11.2. The van der Waals surface area contributed by atoms with E-state index >= 15 is 0 Å². The molecule has 130 valence electrons. The van der Waals surface area contributed by atoms with E-state index in [-0.39, 0.29) is 17.9 Å². The molecule has 0 atom stereocenters. The summed E-state index contributed by atoms with van der Waals surface area (Å²) < 4.78 is 6.16. The van der Waals surface area contributed by atoms with Crippen LogP contribution in [0.15, 0.2) is 60.7 Å². The summed E-state index contributed by atoms with van der Waals surface area (Å²) in [5.41, 5.74) is 2.86. The summed E-state index contributed by atoms with van der Waals surface area (Å²) in [5.74, 6) is 0. The molecule has 0 aromatic heterocycles. The van der Waals surface area contributed by atoms with Gasteiger partial charge in [0.1, 0.15) is 0 Å². The zero-order chi connectivity index (χ0) is 16.1. The SMILES string of the molecule is CN(C)C1(c2ccccc2)CCC(OCc2ccccc2)CC1.Cl. The third-order valence-corrected chi connectivity index (χ3v) is 5.26. The van der Waals surface area contributed by atoms with Crippen molar-refractivity contribution < 1.29 is 4.74 Å². The number of hydrogen-bond acceptors (Lipinski definition) is 2. The summed E-state index contributed by atoms with van der Waals surface area (Å²) in [6.45, 7) is 0.728. The van der Waals surface area contributed by atoms with Gasteiger partial charge in [-0.1, -0.05) is 60.7 Å². The van der Waals surface area contributed by atoms with E-state index in [1.807, 2.05) is 0 Å². The highest BCUT2D eigenvalue weighted by Crippen LogP contribution is 2.41. The molecule has 3 rings (SSSR count). The van der Waals surface area contributed by atoms with Crippen LogP contribution in [0.1, 0.15) is 36.8 Å². The van der Waals surface area contributed by atoms with E-state index in [4.69, 9.17) is 4.74 Å². The summed E-state index contributed by atoms with van der Waals surface area (Å²) in [5, 5.41) is 0. The average Bonchev–Trinajstić information content (AvgIpc) is 2.62. The number of ether oxygens (including phenoxy) is 1. The van der Waals surface area contributed by atoms with Crippen LogP contribution >= 0.6 is 12.4 Å². The summed E-state index contributed by atoms with van der Waals surface area (Å²) in [4.78, 5) is 2.40. The predicted molar refractivity (Wildman–Crippen MR) is 103 cm³/mol. The van der Waals surface area contributed by atoms with Gasteiger partial charge in [0, 0.05) is 5.54 Å². The molecule has 0 heterocycles. The van der Waals surface area contributed by atoms with Crippen LogP contribution in [-0.4, -0.2) is 25.1 Å². The van der Waals surface area contributed by atoms with E-state index in [9.17, 15) is 0 Å². The quantitative estimate of drug-likeness (QED) is 0.754. The lowest BCUT2D eigenvalue weighted by molar-refractivity contribution is -0.0248. The zero-order valence-electron chi connectivity index (χ0n) is 14.7. The molecule has 0 unspecified atom stereocenters. The molecule has 2 aromatic rings. The van der Waals surface area contributed by atoms with Crippen molar-refractivity contribution in [2.75, 3.05) is 14.1 Å². The highest BCUT2D eigenvalue weighted by Gasteiger charge is 2.38. The third-order valence-electron chi connectivity index (χ3n) is 5.26. The Morgan fingerprint density at radius 1 is 0.917 bits per heavy atom. The van der Waals surface area contributed by atoms with Crippen molar-refractivity contribution in [1.29, 1.82) is 0 Å². The zero-order valence-corrected chi connectivity index (χ0v) is 15.5. The van der Waals surface area contributed by atoms with Gasteiger partial charge in [-0.2, -0.15) is 0 Å². The molecule has 2 nitrogen and oxygen atoms in total. The summed E-state index contributed by atoms with van der Waals surface area (Å²) in [6, 6.07) is 21.4. The molecule has 0 amide bonds. The maximum Gasteiger partial charge on any atom is 0.0720 e. The van der Waals surface area contributed by atoms with Crippen molar-refractivity contribution in [3.63, 3.8) is 0 Å². The van der Waals surface area contributed by atoms with Crippen molar-refractivity contribution >= 4 is 12.4 Å². The average molecular weight is 346 g/mol. The van der Waals surface area contributed by atoms with E-state index in [0.717, 1.165) is 32.3 Å². The standard InChI is InChI=1S/C21H27NO.ClH/c1-22(2)21(19-11-7-4-8-12-19)15-13-20(14-16-21)23-17-18-9-5-3-6-10-18;/h3-12,20H,13-17H2,1-2H3;1H. The van der Waals surface area contributed by atoms with Crippen molar-refractivity contribution in [1.82, 2.24) is 4.90 Å². The fraction of sp³-hybridized carbons (Fsp3) is 0.429. The number of nitrogens with zero attached hydrogens (tertiary/aromatic N) is 1. The molecular weight excluding hydrogens is 318 g/mol. The molecule has 0 radical (unpaired) electrons. The molecule has 0 aliphatic heterocycles. The second-order valence-corrected chi connectivity index (χ2v) is 6.79. The lowest BCUT2D eigenvalue weighted by atomic mass is 9.74. The lowest BCUT2D eigenvalue weighted by Crippen LogP contribution is -2.45. The van der Waals surface area contributed by atoms with Crippen molar-refractivity contribution in [2.45, 2.75) is 43.9 Å². The molecule has 0 N–H and O–H groups in total. The summed E-state index contributed by atoms with van der Waals surface area (Å²) in [6.07, 6.45) is 4.94. The van der Waals surface area contributed by atoms with Gasteiger partial charge in [0.2, 0.25) is 0 Å². The first-order valence-electron chi connectivity index (χ1n) is 8.59. The molecule has 1 fully saturated rings. The first kappa shape index (κ1) is 19.0. The largest absolute Gasteiger partial charge is 0.374 e. The van der Waals surface area contributed by atoms with Crippen molar-refractivity contribution in [2.24, 2.45) is 0 Å². The molecule has 1 saturated carbocycles. The van der Waals surface area contributed by atoms with Crippen LogP contribution in [0, 0.1) is 0 Å². The molecular formula is C21H28ClNO. The molecule has 0 spiro atoms. The van der Waals surface area contributed by atoms with Crippen LogP contribution in [0.3, 0.4) is 0 Å². The fourth-order valence-electron chi connectivity index (χ4n) is 3.77. The normalized spacial score (nSPS) is 23.7. The minimum Gasteiger partial charge on any atom is -0.374 e. The number of benzene rings is 2. The lowest BCUT2D eigenvalue weighted by Gasteiger charge is -2.45. The van der Waals surface area contributed by atoms with E-state index in [2.05, 4.69) is 79.7 Å². The highest BCUT2D eigenvalue weighted by molar-refractivity contribution is 5.85. The second-order valence-electron chi connectivity index (χ2n) is 6.79. The maximum atomic E-state index is 6.16. The molecule has 0 bridgehead atoms. The number of rotatable bonds is 5. The predicted octanol–water partition coefficient (Wildman–Crippen LogP) is 5.02. The molecule has 1 aliphatic carbocycles. The fourth-order valence-corrected chi connectivity index (χ4v) is 3.77. The van der Waals surface area contributed by atoms with E-state index in [1.165, 1.54) is 11.1 Å². The minimum absolute atomic E-state index is 0.